The molecule has 0 aliphatic carbocycles. The average Bonchev–Trinajstić information content (AvgIpc) is 3.36. The molecule has 0 N–H and O–H groups in total. The van der Waals surface area contributed by atoms with E-state index in [0.717, 1.165) is 38.2 Å². The van der Waals surface area contributed by atoms with Crippen molar-refractivity contribution in [3.8, 4) is 5.75 Å². The van der Waals surface area contributed by atoms with Crippen molar-refractivity contribution in [2.24, 2.45) is 0 Å². The molecule has 166 valence electrons. The van der Waals surface area contributed by atoms with Crippen LogP contribution in [0.25, 0.3) is 0 Å². The van der Waals surface area contributed by atoms with Crippen LogP contribution in [0.15, 0.2) is 59.5 Å². The van der Waals surface area contributed by atoms with Crippen molar-refractivity contribution < 1.29 is 17.9 Å². The summed E-state index contributed by atoms with van der Waals surface area (Å²) in [6, 6.07) is 16.2. The third kappa shape index (κ3) is 5.26. The molecule has 2 aliphatic heterocycles. The van der Waals surface area contributed by atoms with Crippen molar-refractivity contribution in [2.45, 2.75) is 17.7 Å². The van der Waals surface area contributed by atoms with Gasteiger partial charge in [-0.15, -0.1) is 0 Å². The fourth-order valence-corrected chi connectivity index (χ4v) is 5.60. The van der Waals surface area contributed by atoms with E-state index in [-0.39, 0.29) is 10.8 Å². The third-order valence-electron chi connectivity index (χ3n) is 5.86. The molecule has 0 spiro atoms. The predicted octanol–water partition coefficient (Wildman–Crippen LogP) is 2.31. The number of ether oxygens (including phenoxy) is 1. The maximum atomic E-state index is 13.0. The topological polar surface area (TPSA) is 70.2 Å². The van der Waals surface area contributed by atoms with Gasteiger partial charge in [-0.05, 0) is 43.2 Å². The van der Waals surface area contributed by atoms with Gasteiger partial charge in [-0.1, -0.05) is 24.3 Å². The van der Waals surface area contributed by atoms with Crippen LogP contribution in [-0.4, -0.2) is 80.9 Å². The molecule has 1 amide bonds. The number of hydrogen-bond donors (Lipinski definition) is 0. The molecule has 2 aromatic rings. The Kier molecular flexibility index (Phi) is 6.89. The highest BCUT2D eigenvalue weighted by Crippen LogP contribution is 2.22. The zero-order valence-corrected chi connectivity index (χ0v) is 18.5. The molecule has 7 nitrogen and oxygen atoms in total. The molecule has 0 saturated carbocycles. The van der Waals surface area contributed by atoms with Crippen LogP contribution in [0.1, 0.15) is 23.2 Å². The highest BCUT2D eigenvalue weighted by atomic mass is 32.2. The molecule has 0 atom stereocenters. The summed E-state index contributed by atoms with van der Waals surface area (Å²) in [5.74, 6) is 0.749. The first-order valence-corrected chi connectivity index (χ1v) is 12.3. The summed E-state index contributed by atoms with van der Waals surface area (Å²) in [5.41, 5.74) is 0.432. The number of hydrogen-bond acceptors (Lipinski definition) is 5. The SMILES string of the molecule is O=C(c1cccc(S(=O)(=O)N2CCCC2)c1)N1CCN(CCOc2ccccc2)CC1. The minimum atomic E-state index is -3.53. The van der Waals surface area contributed by atoms with Gasteiger partial charge in [-0.3, -0.25) is 9.69 Å². The maximum absolute atomic E-state index is 13.0. The number of nitrogens with zero attached hydrogens (tertiary/aromatic N) is 3. The zero-order valence-electron chi connectivity index (χ0n) is 17.7. The van der Waals surface area contributed by atoms with Gasteiger partial charge in [-0.2, -0.15) is 4.31 Å². The lowest BCUT2D eigenvalue weighted by Gasteiger charge is -2.34. The Bertz CT molecular complexity index is 983. The fourth-order valence-electron chi connectivity index (χ4n) is 4.03. The second kappa shape index (κ2) is 9.80. The first-order valence-electron chi connectivity index (χ1n) is 10.8. The summed E-state index contributed by atoms with van der Waals surface area (Å²) >= 11 is 0. The predicted molar refractivity (Wildman–Crippen MR) is 119 cm³/mol. The number of sulfonamides is 1. The largest absolute Gasteiger partial charge is 0.492 e. The molecule has 0 radical (unpaired) electrons. The van der Waals surface area contributed by atoms with Crippen LogP contribution in [0, 0.1) is 0 Å². The van der Waals surface area contributed by atoms with E-state index in [2.05, 4.69) is 4.90 Å². The number of amides is 1. The van der Waals surface area contributed by atoms with Gasteiger partial charge in [0.1, 0.15) is 12.4 Å². The number of piperazine rings is 1. The lowest BCUT2D eigenvalue weighted by molar-refractivity contribution is 0.0620. The minimum absolute atomic E-state index is 0.112. The van der Waals surface area contributed by atoms with E-state index in [1.54, 1.807) is 23.1 Å². The molecule has 2 saturated heterocycles. The normalized spacial score (nSPS) is 18.3. The average molecular weight is 444 g/mol. The second-order valence-electron chi connectivity index (χ2n) is 7.93. The Labute approximate surface area is 184 Å². The van der Waals surface area contributed by atoms with Crippen LogP contribution in [-0.2, 0) is 10.0 Å². The van der Waals surface area contributed by atoms with Crippen LogP contribution in [0.2, 0.25) is 0 Å². The van der Waals surface area contributed by atoms with Gasteiger partial charge >= 0.3 is 0 Å². The van der Waals surface area contributed by atoms with E-state index in [1.165, 1.54) is 10.4 Å². The number of para-hydroxylation sites is 1. The first-order chi connectivity index (χ1) is 15.0. The maximum Gasteiger partial charge on any atom is 0.253 e. The Morgan fingerprint density at radius 3 is 2.29 bits per heavy atom. The molecular weight excluding hydrogens is 414 g/mol. The first kappa shape index (κ1) is 21.8. The third-order valence-corrected chi connectivity index (χ3v) is 7.76. The highest BCUT2D eigenvalue weighted by Gasteiger charge is 2.28. The number of rotatable bonds is 7. The van der Waals surface area contributed by atoms with Gasteiger partial charge in [0.2, 0.25) is 10.0 Å². The Morgan fingerprint density at radius 1 is 0.871 bits per heavy atom. The Balaban J connectivity index is 1.30. The number of carbonyl (C=O) groups excluding carboxylic acids is 1. The van der Waals surface area contributed by atoms with Crippen molar-refractivity contribution in [3.63, 3.8) is 0 Å². The van der Waals surface area contributed by atoms with Gasteiger partial charge in [0.25, 0.3) is 5.91 Å². The Morgan fingerprint density at radius 2 is 1.58 bits per heavy atom. The molecule has 0 aromatic heterocycles. The second-order valence-corrected chi connectivity index (χ2v) is 9.87. The molecule has 2 aliphatic rings. The van der Waals surface area contributed by atoms with Crippen molar-refractivity contribution >= 4 is 15.9 Å². The van der Waals surface area contributed by atoms with Gasteiger partial charge in [-0.25, -0.2) is 8.42 Å². The van der Waals surface area contributed by atoms with E-state index >= 15 is 0 Å². The van der Waals surface area contributed by atoms with Crippen molar-refractivity contribution in [1.29, 1.82) is 0 Å². The smallest absolute Gasteiger partial charge is 0.253 e. The number of benzene rings is 2. The quantitative estimate of drug-likeness (QED) is 0.657. The standard InChI is InChI=1S/C23H29N3O4S/c27-23(20-7-6-10-22(19-20)31(28,29)26-11-4-5-12-26)25-15-13-24(14-16-25)17-18-30-21-8-2-1-3-9-21/h1-3,6-10,19H,4-5,11-18H2. The molecule has 2 heterocycles. The molecule has 2 aromatic carbocycles. The van der Waals surface area contributed by atoms with Crippen LogP contribution in [0.4, 0.5) is 0 Å². The molecule has 0 bridgehead atoms. The number of carbonyl (C=O) groups is 1. The summed E-state index contributed by atoms with van der Waals surface area (Å²) in [7, 11) is -3.53. The van der Waals surface area contributed by atoms with Gasteiger partial charge < -0.3 is 9.64 Å². The van der Waals surface area contributed by atoms with E-state index in [4.69, 9.17) is 4.74 Å². The summed E-state index contributed by atoms with van der Waals surface area (Å²) in [4.78, 5) is 17.3. The highest BCUT2D eigenvalue weighted by molar-refractivity contribution is 7.89. The summed E-state index contributed by atoms with van der Waals surface area (Å²) in [6.07, 6.45) is 1.77. The summed E-state index contributed by atoms with van der Waals surface area (Å²) in [5, 5.41) is 0. The van der Waals surface area contributed by atoms with E-state index < -0.39 is 10.0 Å². The molecular formula is C23H29N3O4S. The molecule has 31 heavy (non-hydrogen) atoms. The van der Waals surface area contributed by atoms with Crippen molar-refractivity contribution in [2.75, 3.05) is 52.4 Å². The zero-order chi connectivity index (χ0) is 21.7. The van der Waals surface area contributed by atoms with E-state index in [9.17, 15) is 13.2 Å². The van der Waals surface area contributed by atoms with Crippen molar-refractivity contribution in [1.82, 2.24) is 14.1 Å². The molecule has 8 heteroatoms. The lowest BCUT2D eigenvalue weighted by Crippen LogP contribution is -2.49. The van der Waals surface area contributed by atoms with Gasteiger partial charge in [0, 0.05) is 51.4 Å². The van der Waals surface area contributed by atoms with Crippen molar-refractivity contribution in [3.05, 3.63) is 60.2 Å². The van der Waals surface area contributed by atoms with Gasteiger partial charge in [0.05, 0.1) is 4.90 Å². The monoisotopic (exact) mass is 443 g/mol. The van der Waals surface area contributed by atoms with Crippen LogP contribution in [0.3, 0.4) is 0 Å². The lowest BCUT2D eigenvalue weighted by atomic mass is 10.2. The Hall–Kier alpha value is -2.42. The van der Waals surface area contributed by atoms with E-state index in [1.807, 2.05) is 30.3 Å². The van der Waals surface area contributed by atoms with Crippen LogP contribution in [0.5, 0.6) is 5.75 Å². The summed E-state index contributed by atoms with van der Waals surface area (Å²) in [6.45, 7) is 5.30. The van der Waals surface area contributed by atoms with Crippen LogP contribution >= 0.6 is 0 Å². The molecule has 4 rings (SSSR count). The summed E-state index contributed by atoms with van der Waals surface area (Å²) < 4.78 is 32.9. The van der Waals surface area contributed by atoms with Gasteiger partial charge in [0.15, 0.2) is 0 Å². The van der Waals surface area contributed by atoms with Crippen LogP contribution < -0.4 is 4.74 Å². The molecule has 0 unspecified atom stereocenters. The molecule has 2 fully saturated rings. The minimum Gasteiger partial charge on any atom is -0.492 e. The van der Waals surface area contributed by atoms with E-state index in [0.29, 0.717) is 38.3 Å². The fraction of sp³-hybridized carbons (Fsp3) is 0.435.